The van der Waals surface area contributed by atoms with Gasteiger partial charge in [0.1, 0.15) is 22.9 Å². The number of benzene rings is 2. The van der Waals surface area contributed by atoms with Crippen molar-refractivity contribution < 1.29 is 19.4 Å². The summed E-state index contributed by atoms with van der Waals surface area (Å²) in [5, 5.41) is 12.4. The molecule has 2 aliphatic heterocycles. The van der Waals surface area contributed by atoms with Crippen molar-refractivity contribution in [2.75, 3.05) is 19.7 Å². The van der Waals surface area contributed by atoms with E-state index in [1.54, 1.807) is 6.92 Å². The number of para-hydroxylation sites is 1. The molecule has 1 aromatic heterocycles. The molecule has 9 heteroatoms. The first-order chi connectivity index (χ1) is 18.4. The van der Waals surface area contributed by atoms with Gasteiger partial charge in [-0.05, 0) is 62.6 Å². The zero-order valence-electron chi connectivity index (χ0n) is 21.0. The molecular weight excluding hydrogens is 566 g/mol. The fourth-order valence-corrected chi connectivity index (χ4v) is 6.07. The summed E-state index contributed by atoms with van der Waals surface area (Å²) in [6.07, 6.45) is 7.02. The van der Waals surface area contributed by atoms with Crippen molar-refractivity contribution in [1.29, 1.82) is 0 Å². The van der Waals surface area contributed by atoms with Crippen LogP contribution < -0.4 is 0 Å². The summed E-state index contributed by atoms with van der Waals surface area (Å²) in [4.78, 5) is 32.9. The van der Waals surface area contributed by atoms with Gasteiger partial charge in [0.2, 0.25) is 5.91 Å². The van der Waals surface area contributed by atoms with E-state index in [2.05, 4.69) is 20.9 Å². The van der Waals surface area contributed by atoms with Crippen molar-refractivity contribution in [3.05, 3.63) is 81.0 Å². The molecule has 0 saturated carbocycles. The highest BCUT2D eigenvalue weighted by Gasteiger charge is 2.33. The fourth-order valence-electron chi connectivity index (χ4n) is 4.68. The Labute approximate surface area is 234 Å². The van der Waals surface area contributed by atoms with Crippen LogP contribution in [-0.4, -0.2) is 51.2 Å². The first kappa shape index (κ1) is 26.3. The molecule has 1 saturated heterocycles. The predicted octanol–water partition coefficient (Wildman–Crippen LogP) is 6.61. The second kappa shape index (κ2) is 11.6. The van der Waals surface area contributed by atoms with E-state index >= 15 is 0 Å². The van der Waals surface area contributed by atoms with Crippen LogP contribution in [0.3, 0.4) is 0 Å². The van der Waals surface area contributed by atoms with Crippen molar-refractivity contribution in [2.45, 2.75) is 32.7 Å². The number of likely N-dealkylation sites (tertiary alicyclic amines) is 1. The summed E-state index contributed by atoms with van der Waals surface area (Å²) < 4.78 is 8.08. The molecule has 1 amide bonds. The lowest BCUT2D eigenvalue weighted by atomic mass is 10.1. The minimum Gasteiger partial charge on any atom is -0.506 e. The topological polar surface area (TPSA) is 84.1 Å². The maximum absolute atomic E-state index is 13.0. The Morgan fingerprint density at radius 3 is 2.63 bits per heavy atom. The number of piperidine rings is 1. The number of aliphatic hydroxyl groups is 1. The van der Waals surface area contributed by atoms with Crippen LogP contribution in [0.15, 0.2) is 80.4 Å². The second-order valence-electron chi connectivity index (χ2n) is 9.12. The highest BCUT2D eigenvalue weighted by molar-refractivity contribution is 9.10. The van der Waals surface area contributed by atoms with Gasteiger partial charge in [-0.25, -0.2) is 9.79 Å². The first-order valence-corrected chi connectivity index (χ1v) is 14.3. The molecule has 0 atom stereocenters. The van der Waals surface area contributed by atoms with E-state index in [4.69, 9.17) is 4.74 Å². The van der Waals surface area contributed by atoms with Crippen LogP contribution in [0.25, 0.3) is 17.0 Å². The normalized spacial score (nSPS) is 18.1. The van der Waals surface area contributed by atoms with Gasteiger partial charge in [0, 0.05) is 40.2 Å². The monoisotopic (exact) mass is 593 g/mol. The van der Waals surface area contributed by atoms with Crippen molar-refractivity contribution >= 4 is 67.3 Å². The number of fused-ring (bicyclic) bond motifs is 1. The number of rotatable bonds is 6. The molecule has 2 aromatic carbocycles. The minimum atomic E-state index is -0.618. The number of esters is 1. The SMILES string of the molecule is CCOC(=O)C1=C(O)/C(=C/c2cn(CC(=O)N3CCCCC3)c3ccc(Br)cc23)SC1=Nc1ccccc1. The Bertz CT molecular complexity index is 1470. The Morgan fingerprint density at radius 2 is 1.89 bits per heavy atom. The molecule has 0 radical (unpaired) electrons. The summed E-state index contributed by atoms with van der Waals surface area (Å²) >= 11 is 4.78. The third-order valence-electron chi connectivity index (χ3n) is 6.53. The lowest BCUT2D eigenvalue weighted by molar-refractivity contribution is -0.138. The summed E-state index contributed by atoms with van der Waals surface area (Å²) in [6, 6.07) is 15.2. The average molecular weight is 595 g/mol. The van der Waals surface area contributed by atoms with Crippen molar-refractivity contribution in [2.24, 2.45) is 4.99 Å². The highest BCUT2D eigenvalue weighted by atomic mass is 79.9. The molecule has 7 nitrogen and oxygen atoms in total. The largest absolute Gasteiger partial charge is 0.506 e. The summed E-state index contributed by atoms with van der Waals surface area (Å²) in [6.45, 7) is 3.75. The zero-order chi connectivity index (χ0) is 26.6. The molecule has 3 aromatic rings. The fraction of sp³-hybridized carbons (Fsp3) is 0.276. The van der Waals surface area contributed by atoms with Crippen LogP contribution in [0, 0.1) is 0 Å². The van der Waals surface area contributed by atoms with Crippen LogP contribution in [0.2, 0.25) is 0 Å². The van der Waals surface area contributed by atoms with Gasteiger partial charge >= 0.3 is 5.97 Å². The number of aromatic nitrogens is 1. The molecular formula is C29H28BrN3O4S. The van der Waals surface area contributed by atoms with E-state index in [0.717, 1.165) is 46.9 Å². The molecule has 1 fully saturated rings. The third kappa shape index (κ3) is 5.59. The van der Waals surface area contributed by atoms with E-state index in [1.165, 1.54) is 18.2 Å². The predicted molar refractivity (Wildman–Crippen MR) is 155 cm³/mol. The maximum Gasteiger partial charge on any atom is 0.344 e. The quantitative estimate of drug-likeness (QED) is 0.325. The van der Waals surface area contributed by atoms with Gasteiger partial charge < -0.3 is 19.3 Å². The van der Waals surface area contributed by atoms with Crippen LogP contribution in [0.1, 0.15) is 31.7 Å². The summed E-state index contributed by atoms with van der Waals surface area (Å²) in [5.41, 5.74) is 2.46. The van der Waals surface area contributed by atoms with E-state index in [9.17, 15) is 14.7 Å². The summed E-state index contributed by atoms with van der Waals surface area (Å²) in [5.74, 6) is -0.681. The molecule has 196 valence electrons. The summed E-state index contributed by atoms with van der Waals surface area (Å²) in [7, 11) is 0. The molecule has 0 spiro atoms. The number of carbonyl (C=O) groups is 2. The number of aliphatic imine (C=N–C) groups is 1. The standard InChI is InChI=1S/C29H28BrN3O4S/c1-2-37-29(36)26-27(35)24(38-28(26)31-21-9-5-3-6-10-21)15-19-17-33(23-12-11-20(30)16-22(19)23)18-25(34)32-13-7-4-8-14-32/h3,5-6,9-12,15-17,35H,2,4,7-8,13-14,18H2,1H3/b24-15-,31-28?. The van der Waals surface area contributed by atoms with E-state index < -0.39 is 5.97 Å². The molecule has 5 rings (SSSR count). The molecule has 0 unspecified atom stereocenters. The van der Waals surface area contributed by atoms with E-state index in [1.807, 2.05) is 70.3 Å². The molecule has 1 N–H and O–H groups in total. The number of carbonyl (C=O) groups excluding carboxylic acids is 2. The van der Waals surface area contributed by atoms with Gasteiger partial charge in [-0.2, -0.15) is 0 Å². The molecule has 3 heterocycles. The lowest BCUT2D eigenvalue weighted by Crippen LogP contribution is -2.37. The maximum atomic E-state index is 13.0. The van der Waals surface area contributed by atoms with Crippen LogP contribution in [-0.2, 0) is 20.9 Å². The van der Waals surface area contributed by atoms with Crippen LogP contribution in [0.5, 0.6) is 0 Å². The Balaban J connectivity index is 1.54. The second-order valence-corrected chi connectivity index (χ2v) is 11.1. The minimum absolute atomic E-state index is 0.0529. The van der Waals surface area contributed by atoms with Gasteiger partial charge in [0.15, 0.2) is 0 Å². The number of ether oxygens (including phenoxy) is 1. The molecule has 0 bridgehead atoms. The van der Waals surface area contributed by atoms with Crippen LogP contribution >= 0.6 is 27.7 Å². The van der Waals surface area contributed by atoms with Crippen LogP contribution in [0.4, 0.5) is 5.69 Å². The Kier molecular flexibility index (Phi) is 8.04. The van der Waals surface area contributed by atoms with Crippen molar-refractivity contribution in [3.8, 4) is 0 Å². The number of halogens is 1. The average Bonchev–Trinajstić information content (AvgIpc) is 3.41. The number of hydrogen-bond acceptors (Lipinski definition) is 6. The van der Waals surface area contributed by atoms with E-state index in [-0.39, 0.29) is 30.4 Å². The number of nitrogens with zero attached hydrogens (tertiary/aromatic N) is 3. The smallest absolute Gasteiger partial charge is 0.344 e. The van der Waals surface area contributed by atoms with Crippen molar-refractivity contribution in [1.82, 2.24) is 9.47 Å². The van der Waals surface area contributed by atoms with E-state index in [0.29, 0.717) is 15.6 Å². The van der Waals surface area contributed by atoms with Gasteiger partial charge in [-0.15, -0.1) is 0 Å². The number of amides is 1. The number of aliphatic hydroxyl groups excluding tert-OH is 1. The number of hydrogen-bond donors (Lipinski definition) is 1. The Hall–Kier alpha value is -3.30. The molecule has 0 aliphatic carbocycles. The lowest BCUT2D eigenvalue weighted by Gasteiger charge is -2.27. The zero-order valence-corrected chi connectivity index (χ0v) is 23.4. The van der Waals surface area contributed by atoms with Gasteiger partial charge in [-0.1, -0.05) is 45.9 Å². The first-order valence-electron chi connectivity index (χ1n) is 12.6. The molecule has 2 aliphatic rings. The Morgan fingerprint density at radius 1 is 1.13 bits per heavy atom. The van der Waals surface area contributed by atoms with Gasteiger partial charge in [0.05, 0.1) is 17.2 Å². The van der Waals surface area contributed by atoms with Crippen molar-refractivity contribution in [3.63, 3.8) is 0 Å². The number of thioether (sulfide) groups is 1. The highest BCUT2D eigenvalue weighted by Crippen LogP contribution is 2.41. The third-order valence-corrected chi connectivity index (χ3v) is 8.05. The van der Waals surface area contributed by atoms with Gasteiger partial charge in [0.25, 0.3) is 0 Å². The molecule has 38 heavy (non-hydrogen) atoms. The van der Waals surface area contributed by atoms with Gasteiger partial charge in [-0.3, -0.25) is 4.79 Å².